The largest absolute Gasteiger partial charge is 0.392 e. The Morgan fingerprint density at radius 1 is 1.35 bits per heavy atom. The van der Waals surface area contributed by atoms with E-state index < -0.39 is 0 Å². The van der Waals surface area contributed by atoms with Gasteiger partial charge in [-0.1, -0.05) is 24.3 Å². The van der Waals surface area contributed by atoms with Gasteiger partial charge in [0.1, 0.15) is 12.2 Å². The summed E-state index contributed by atoms with van der Waals surface area (Å²) in [6.07, 6.45) is 4.93. The lowest BCUT2D eigenvalue weighted by atomic mass is 9.80. The van der Waals surface area contributed by atoms with E-state index in [2.05, 4.69) is 34.3 Å². The molecule has 0 amide bonds. The third kappa shape index (κ3) is 2.61. The molecule has 1 aromatic carbocycles. The zero-order valence-corrected chi connectivity index (χ0v) is 11.9. The molecule has 2 aromatic rings. The molecule has 0 saturated carbocycles. The number of aromatic nitrogens is 3. The Balaban J connectivity index is 1.68. The number of hydrogen-bond acceptors (Lipinski definition) is 3. The smallest absolute Gasteiger partial charge is 0.138 e. The van der Waals surface area contributed by atoms with Crippen molar-refractivity contribution < 1.29 is 5.11 Å². The first-order valence-corrected chi connectivity index (χ1v) is 7.39. The molecule has 1 aliphatic carbocycles. The second-order valence-electron chi connectivity index (χ2n) is 5.54. The van der Waals surface area contributed by atoms with Crippen molar-refractivity contribution >= 4 is 0 Å². The van der Waals surface area contributed by atoms with Gasteiger partial charge in [0.2, 0.25) is 0 Å². The van der Waals surface area contributed by atoms with Crippen molar-refractivity contribution in [1.29, 1.82) is 0 Å². The Hall–Kier alpha value is -1.68. The molecule has 0 radical (unpaired) electrons. The maximum atomic E-state index is 10.5. The number of aryl methyl sites for hydroxylation is 2. The average Bonchev–Trinajstić information content (AvgIpc) is 2.94. The Labute approximate surface area is 119 Å². The van der Waals surface area contributed by atoms with Crippen molar-refractivity contribution in [3.05, 3.63) is 47.5 Å². The van der Waals surface area contributed by atoms with Crippen molar-refractivity contribution in [1.82, 2.24) is 14.8 Å². The van der Waals surface area contributed by atoms with Crippen molar-refractivity contribution in [2.24, 2.45) is 5.92 Å². The number of fused-ring (bicyclic) bond motifs is 1. The molecule has 2 unspecified atom stereocenters. The predicted octanol–water partition coefficient (Wildman–Crippen LogP) is 2.01. The predicted molar refractivity (Wildman–Crippen MR) is 77.4 cm³/mol. The zero-order valence-electron chi connectivity index (χ0n) is 11.9. The highest BCUT2D eigenvalue weighted by Crippen LogP contribution is 2.28. The van der Waals surface area contributed by atoms with E-state index in [9.17, 15) is 5.11 Å². The monoisotopic (exact) mass is 271 g/mol. The van der Waals surface area contributed by atoms with E-state index in [0.717, 1.165) is 31.6 Å². The molecule has 1 heterocycles. The van der Waals surface area contributed by atoms with Crippen molar-refractivity contribution in [3.8, 4) is 0 Å². The van der Waals surface area contributed by atoms with E-state index in [1.54, 1.807) is 6.33 Å². The summed E-state index contributed by atoms with van der Waals surface area (Å²) in [5.41, 5.74) is 2.83. The fourth-order valence-corrected chi connectivity index (χ4v) is 3.12. The molecule has 0 saturated heterocycles. The normalized spacial score (nSPS) is 19.6. The van der Waals surface area contributed by atoms with Crippen LogP contribution in [0.5, 0.6) is 0 Å². The van der Waals surface area contributed by atoms with E-state index in [0.29, 0.717) is 12.3 Å². The lowest BCUT2D eigenvalue weighted by Crippen LogP contribution is -2.29. The SMILES string of the molecule is CCn1ncnc1CC(O)C1CCc2ccccc2C1. The van der Waals surface area contributed by atoms with E-state index in [4.69, 9.17) is 0 Å². The molecule has 4 nitrogen and oxygen atoms in total. The molecule has 1 aliphatic rings. The molecule has 0 fully saturated rings. The third-order valence-electron chi connectivity index (χ3n) is 4.32. The number of nitrogens with zero attached hydrogens (tertiary/aromatic N) is 3. The standard InChI is InChI=1S/C16H21N3O/c1-2-19-16(17-11-18-19)10-15(20)14-8-7-12-5-3-4-6-13(12)9-14/h3-6,11,14-15,20H,2,7-10H2,1H3. The van der Waals surface area contributed by atoms with Crippen LogP contribution in [0.25, 0.3) is 0 Å². The number of rotatable bonds is 4. The highest BCUT2D eigenvalue weighted by atomic mass is 16.3. The van der Waals surface area contributed by atoms with Gasteiger partial charge in [0.25, 0.3) is 0 Å². The summed E-state index contributed by atoms with van der Waals surface area (Å²) in [5.74, 6) is 1.21. The lowest BCUT2D eigenvalue weighted by molar-refractivity contribution is 0.0962. The molecule has 0 aliphatic heterocycles. The van der Waals surface area contributed by atoms with Gasteiger partial charge >= 0.3 is 0 Å². The van der Waals surface area contributed by atoms with Crippen LogP contribution in [-0.4, -0.2) is 26.0 Å². The Bertz CT molecular complexity index is 579. The van der Waals surface area contributed by atoms with E-state index in [1.165, 1.54) is 11.1 Å². The van der Waals surface area contributed by atoms with Gasteiger partial charge in [-0.15, -0.1) is 0 Å². The van der Waals surface area contributed by atoms with Crippen LogP contribution >= 0.6 is 0 Å². The number of aliphatic hydroxyl groups excluding tert-OH is 1. The van der Waals surface area contributed by atoms with Crippen molar-refractivity contribution in [3.63, 3.8) is 0 Å². The molecule has 0 spiro atoms. The van der Waals surface area contributed by atoms with E-state index in [1.807, 2.05) is 11.6 Å². The maximum Gasteiger partial charge on any atom is 0.138 e. The van der Waals surface area contributed by atoms with E-state index >= 15 is 0 Å². The second-order valence-corrected chi connectivity index (χ2v) is 5.54. The van der Waals surface area contributed by atoms with Gasteiger partial charge < -0.3 is 5.11 Å². The van der Waals surface area contributed by atoms with Gasteiger partial charge in [-0.25, -0.2) is 4.98 Å². The Morgan fingerprint density at radius 3 is 2.95 bits per heavy atom. The van der Waals surface area contributed by atoms with Gasteiger partial charge in [0, 0.05) is 13.0 Å². The topological polar surface area (TPSA) is 50.9 Å². The van der Waals surface area contributed by atoms with Crippen LogP contribution in [0.3, 0.4) is 0 Å². The molecule has 20 heavy (non-hydrogen) atoms. The zero-order chi connectivity index (χ0) is 13.9. The molecule has 4 heteroatoms. The summed E-state index contributed by atoms with van der Waals surface area (Å²) in [5, 5.41) is 14.7. The van der Waals surface area contributed by atoms with E-state index in [-0.39, 0.29) is 6.10 Å². The van der Waals surface area contributed by atoms with Crippen LogP contribution in [-0.2, 0) is 25.8 Å². The van der Waals surface area contributed by atoms with Gasteiger partial charge in [0.05, 0.1) is 6.10 Å². The summed E-state index contributed by atoms with van der Waals surface area (Å²) >= 11 is 0. The Kier molecular flexibility index (Phi) is 3.83. The number of hydrogen-bond donors (Lipinski definition) is 1. The van der Waals surface area contributed by atoms with Gasteiger partial charge in [-0.05, 0) is 43.2 Å². The minimum atomic E-state index is -0.335. The van der Waals surface area contributed by atoms with Crippen LogP contribution in [0.4, 0.5) is 0 Å². The molecule has 106 valence electrons. The summed E-state index contributed by atoms with van der Waals surface area (Å²) in [6, 6.07) is 8.56. The molecule has 3 rings (SSSR count). The van der Waals surface area contributed by atoms with Crippen LogP contribution in [0, 0.1) is 5.92 Å². The number of benzene rings is 1. The summed E-state index contributed by atoms with van der Waals surface area (Å²) in [6.45, 7) is 2.84. The summed E-state index contributed by atoms with van der Waals surface area (Å²) < 4.78 is 1.86. The first kappa shape index (κ1) is 13.3. The minimum Gasteiger partial charge on any atom is -0.392 e. The summed E-state index contributed by atoms with van der Waals surface area (Å²) in [7, 11) is 0. The second kappa shape index (κ2) is 5.75. The quantitative estimate of drug-likeness (QED) is 0.925. The number of aliphatic hydroxyl groups is 1. The van der Waals surface area contributed by atoms with Gasteiger partial charge in [-0.2, -0.15) is 5.10 Å². The summed E-state index contributed by atoms with van der Waals surface area (Å²) in [4.78, 5) is 4.26. The third-order valence-corrected chi connectivity index (χ3v) is 4.32. The molecule has 1 aromatic heterocycles. The van der Waals surface area contributed by atoms with Gasteiger partial charge in [-0.3, -0.25) is 4.68 Å². The first-order chi connectivity index (χ1) is 9.78. The highest BCUT2D eigenvalue weighted by Gasteiger charge is 2.25. The molecular weight excluding hydrogens is 250 g/mol. The molecule has 2 atom stereocenters. The fraction of sp³-hybridized carbons (Fsp3) is 0.500. The molecular formula is C16H21N3O. The molecule has 1 N–H and O–H groups in total. The van der Waals surface area contributed by atoms with Crippen molar-refractivity contribution in [2.45, 2.75) is 45.3 Å². The van der Waals surface area contributed by atoms with Crippen LogP contribution in [0.1, 0.15) is 30.3 Å². The highest BCUT2D eigenvalue weighted by molar-refractivity contribution is 5.29. The van der Waals surface area contributed by atoms with Crippen LogP contribution < -0.4 is 0 Å². The van der Waals surface area contributed by atoms with Crippen molar-refractivity contribution in [2.75, 3.05) is 0 Å². The minimum absolute atomic E-state index is 0.326. The lowest BCUT2D eigenvalue weighted by Gasteiger charge is -2.28. The van der Waals surface area contributed by atoms with Gasteiger partial charge in [0.15, 0.2) is 0 Å². The van der Waals surface area contributed by atoms with Crippen LogP contribution in [0.2, 0.25) is 0 Å². The fourth-order valence-electron chi connectivity index (χ4n) is 3.12. The molecule has 0 bridgehead atoms. The average molecular weight is 271 g/mol. The first-order valence-electron chi connectivity index (χ1n) is 7.39. The Morgan fingerprint density at radius 2 is 2.15 bits per heavy atom. The maximum absolute atomic E-state index is 10.5. The van der Waals surface area contributed by atoms with Crippen LogP contribution in [0.15, 0.2) is 30.6 Å².